The van der Waals surface area contributed by atoms with Crippen LogP contribution in [0.2, 0.25) is 0 Å². The van der Waals surface area contributed by atoms with Gasteiger partial charge in [0.25, 0.3) is 0 Å². The summed E-state index contributed by atoms with van der Waals surface area (Å²) in [5, 5.41) is 1.11. The van der Waals surface area contributed by atoms with E-state index in [0.717, 1.165) is 77.3 Å². The molecule has 2 saturated heterocycles. The van der Waals surface area contributed by atoms with Crippen molar-refractivity contribution >= 4 is 48.3 Å². The highest BCUT2D eigenvalue weighted by molar-refractivity contribution is 7.88. The Morgan fingerprint density at radius 2 is 2.00 bits per heavy atom. The zero-order chi connectivity index (χ0) is 25.6. The van der Waals surface area contributed by atoms with E-state index in [-0.39, 0.29) is 6.04 Å². The number of morpholine rings is 1. The van der Waals surface area contributed by atoms with Crippen LogP contribution in [-0.4, -0.2) is 91.3 Å². The number of fused-ring (bicyclic) bond motifs is 2. The first-order valence-electron chi connectivity index (χ1n) is 12.7. The zero-order valence-corrected chi connectivity index (χ0v) is 22.8. The molecule has 1 atom stereocenters. The van der Waals surface area contributed by atoms with Crippen LogP contribution in [0, 0.1) is 0 Å². The number of likely N-dealkylation sites (N-methyl/N-ethyl adjacent to an activating group) is 1. The van der Waals surface area contributed by atoms with Crippen molar-refractivity contribution < 1.29 is 13.2 Å². The molecule has 0 amide bonds. The Hall–Kier alpha value is -2.57. The van der Waals surface area contributed by atoms with E-state index >= 15 is 0 Å². The maximum Gasteiger partial charge on any atom is 0.211 e. The van der Waals surface area contributed by atoms with E-state index in [1.54, 1.807) is 18.4 Å². The SMILES string of the molecule is CN(CC1CCCN1Cc1cc2nc(-c3c[nH]c4ccccc34)nc(N3CCOCC3)c2s1)S(C)(=O)=O. The smallest absolute Gasteiger partial charge is 0.211 e. The lowest BCUT2D eigenvalue weighted by Gasteiger charge is -2.28. The van der Waals surface area contributed by atoms with Crippen molar-refractivity contribution in [2.75, 3.05) is 57.6 Å². The lowest BCUT2D eigenvalue weighted by Crippen LogP contribution is -2.40. The molecular weight excluding hydrogens is 508 g/mol. The van der Waals surface area contributed by atoms with Gasteiger partial charge in [-0.15, -0.1) is 11.3 Å². The lowest BCUT2D eigenvalue weighted by molar-refractivity contribution is 0.122. The fourth-order valence-electron chi connectivity index (χ4n) is 5.35. The average Bonchev–Trinajstić information content (AvgIpc) is 3.62. The van der Waals surface area contributed by atoms with Gasteiger partial charge in [-0.25, -0.2) is 22.7 Å². The molecule has 5 heterocycles. The van der Waals surface area contributed by atoms with Crippen LogP contribution in [0.3, 0.4) is 0 Å². The van der Waals surface area contributed by atoms with E-state index in [1.165, 1.54) is 15.4 Å². The van der Waals surface area contributed by atoms with Gasteiger partial charge in [0.1, 0.15) is 0 Å². The molecule has 37 heavy (non-hydrogen) atoms. The standard InChI is InChI=1S/C26H32N6O3S2/c1-30(37(2,33)34)16-18-6-5-9-32(18)17-19-14-23-24(36-19)26(31-10-12-35-13-11-31)29-25(28-23)21-15-27-22-8-4-3-7-20(21)22/h3-4,7-8,14-15,18,27H,5-6,9-13,16-17H2,1-2H3. The van der Waals surface area contributed by atoms with Crippen LogP contribution < -0.4 is 4.90 Å². The predicted molar refractivity (Wildman–Crippen MR) is 149 cm³/mol. The van der Waals surface area contributed by atoms with Crippen molar-refractivity contribution in [3.63, 3.8) is 0 Å². The first kappa shape index (κ1) is 24.7. The van der Waals surface area contributed by atoms with Gasteiger partial charge < -0.3 is 14.6 Å². The second-order valence-corrected chi connectivity index (χ2v) is 13.2. The second kappa shape index (κ2) is 9.95. The fourth-order valence-corrected chi connectivity index (χ4v) is 6.93. The van der Waals surface area contributed by atoms with Gasteiger partial charge >= 0.3 is 0 Å². The number of nitrogens with one attached hydrogen (secondary N) is 1. The van der Waals surface area contributed by atoms with E-state index in [1.807, 2.05) is 18.3 Å². The minimum absolute atomic E-state index is 0.219. The molecule has 9 nitrogen and oxygen atoms in total. The summed E-state index contributed by atoms with van der Waals surface area (Å²) in [4.78, 5) is 19.4. The lowest BCUT2D eigenvalue weighted by atomic mass is 10.1. The Labute approximate surface area is 221 Å². The molecule has 3 aromatic heterocycles. The summed E-state index contributed by atoms with van der Waals surface area (Å²) in [6.07, 6.45) is 5.36. The first-order valence-corrected chi connectivity index (χ1v) is 15.4. The van der Waals surface area contributed by atoms with Gasteiger partial charge in [-0.1, -0.05) is 18.2 Å². The van der Waals surface area contributed by atoms with E-state index < -0.39 is 10.0 Å². The highest BCUT2D eigenvalue weighted by Gasteiger charge is 2.29. The number of anilines is 1. The average molecular weight is 541 g/mol. The molecule has 0 saturated carbocycles. The highest BCUT2D eigenvalue weighted by atomic mass is 32.2. The van der Waals surface area contributed by atoms with Gasteiger partial charge in [0, 0.05) is 66.8 Å². The maximum absolute atomic E-state index is 12.0. The summed E-state index contributed by atoms with van der Waals surface area (Å²) in [7, 11) is -1.53. The Kier molecular flexibility index (Phi) is 6.66. The third-order valence-electron chi connectivity index (χ3n) is 7.44. The summed E-state index contributed by atoms with van der Waals surface area (Å²) < 4.78 is 32.1. The molecule has 0 bridgehead atoms. The van der Waals surface area contributed by atoms with Gasteiger partial charge in [0.15, 0.2) is 11.6 Å². The summed E-state index contributed by atoms with van der Waals surface area (Å²) in [5.41, 5.74) is 3.03. The number of hydrogen-bond donors (Lipinski definition) is 1. The number of aromatic amines is 1. The molecule has 2 fully saturated rings. The monoisotopic (exact) mass is 540 g/mol. The number of thiophene rings is 1. The number of likely N-dealkylation sites (tertiary alicyclic amines) is 1. The molecule has 0 spiro atoms. The summed E-state index contributed by atoms with van der Waals surface area (Å²) in [6.45, 7) is 5.27. The first-order chi connectivity index (χ1) is 17.9. The van der Waals surface area contributed by atoms with Gasteiger partial charge in [-0.2, -0.15) is 0 Å². The van der Waals surface area contributed by atoms with Crippen LogP contribution in [0.4, 0.5) is 5.82 Å². The molecule has 196 valence electrons. The van der Waals surface area contributed by atoms with Crippen molar-refractivity contribution in [3.8, 4) is 11.4 Å². The second-order valence-electron chi connectivity index (χ2n) is 9.96. The number of sulfonamides is 1. The van der Waals surface area contributed by atoms with Gasteiger partial charge in [-0.05, 0) is 31.5 Å². The number of rotatable bonds is 7. The van der Waals surface area contributed by atoms with Crippen LogP contribution in [0.1, 0.15) is 17.7 Å². The van der Waals surface area contributed by atoms with E-state index in [9.17, 15) is 8.42 Å². The number of benzene rings is 1. The maximum atomic E-state index is 12.0. The molecule has 1 N–H and O–H groups in total. The van der Waals surface area contributed by atoms with E-state index in [2.05, 4.69) is 33.0 Å². The Morgan fingerprint density at radius 1 is 1.19 bits per heavy atom. The topological polar surface area (TPSA) is 94.7 Å². The van der Waals surface area contributed by atoms with Gasteiger partial charge in [0.2, 0.25) is 10.0 Å². The number of nitrogens with zero attached hydrogens (tertiary/aromatic N) is 5. The molecule has 11 heteroatoms. The minimum atomic E-state index is -3.19. The van der Waals surface area contributed by atoms with Crippen LogP contribution >= 0.6 is 11.3 Å². The minimum Gasteiger partial charge on any atom is -0.378 e. The van der Waals surface area contributed by atoms with Gasteiger partial charge in [0.05, 0.1) is 29.7 Å². The molecule has 2 aliphatic rings. The van der Waals surface area contributed by atoms with Gasteiger partial charge in [-0.3, -0.25) is 4.90 Å². The quantitative estimate of drug-likeness (QED) is 0.383. The van der Waals surface area contributed by atoms with Crippen molar-refractivity contribution in [2.45, 2.75) is 25.4 Å². The van der Waals surface area contributed by atoms with Crippen LogP contribution in [0.5, 0.6) is 0 Å². The number of para-hydroxylation sites is 1. The highest BCUT2D eigenvalue weighted by Crippen LogP contribution is 2.37. The Bertz CT molecular complexity index is 1530. The van der Waals surface area contributed by atoms with Crippen LogP contribution in [0.25, 0.3) is 32.5 Å². The normalized spacial score (nSPS) is 19.5. The number of hydrogen-bond acceptors (Lipinski definition) is 8. The molecular formula is C26H32N6O3S2. The fraction of sp³-hybridized carbons (Fsp3) is 0.462. The number of ether oxygens (including phenoxy) is 1. The van der Waals surface area contributed by atoms with Crippen molar-refractivity contribution in [1.29, 1.82) is 0 Å². The summed E-state index contributed by atoms with van der Waals surface area (Å²) in [5.74, 6) is 1.70. The molecule has 1 unspecified atom stereocenters. The number of aromatic nitrogens is 3. The zero-order valence-electron chi connectivity index (χ0n) is 21.2. The molecule has 0 aliphatic carbocycles. The predicted octanol–water partition coefficient (Wildman–Crippen LogP) is 3.53. The summed E-state index contributed by atoms with van der Waals surface area (Å²) in [6, 6.07) is 10.6. The molecule has 6 rings (SSSR count). The third-order valence-corrected chi connectivity index (χ3v) is 9.82. The Balaban J connectivity index is 1.36. The van der Waals surface area contributed by atoms with Crippen molar-refractivity contribution in [2.24, 2.45) is 0 Å². The van der Waals surface area contributed by atoms with Crippen LogP contribution in [0.15, 0.2) is 36.5 Å². The van der Waals surface area contributed by atoms with Crippen molar-refractivity contribution in [1.82, 2.24) is 24.2 Å². The summed E-state index contributed by atoms with van der Waals surface area (Å²) >= 11 is 1.75. The molecule has 0 radical (unpaired) electrons. The van der Waals surface area contributed by atoms with E-state index in [0.29, 0.717) is 19.8 Å². The van der Waals surface area contributed by atoms with E-state index in [4.69, 9.17) is 14.7 Å². The third kappa shape index (κ3) is 4.98. The molecule has 1 aromatic carbocycles. The van der Waals surface area contributed by atoms with Crippen molar-refractivity contribution in [3.05, 3.63) is 41.4 Å². The molecule has 2 aliphatic heterocycles. The van der Waals surface area contributed by atoms with Crippen LogP contribution in [-0.2, 0) is 21.3 Å². The molecule has 4 aromatic rings. The largest absolute Gasteiger partial charge is 0.378 e. The Morgan fingerprint density at radius 3 is 2.81 bits per heavy atom. The number of H-pyrrole nitrogens is 1.